The normalized spacial score (nSPS) is 12.2. The number of nitrogens with zero attached hydrogens (tertiary/aromatic N) is 2. The van der Waals surface area contributed by atoms with Gasteiger partial charge in [0.25, 0.3) is 0 Å². The molecule has 0 aliphatic rings. The van der Waals surface area contributed by atoms with E-state index in [0.717, 1.165) is 17.9 Å². The lowest BCUT2D eigenvalue weighted by Gasteiger charge is -2.31. The van der Waals surface area contributed by atoms with E-state index in [2.05, 4.69) is 26.0 Å². The SMILES string of the molecule is CCOC(=O)C(C)N(CC(=O)N(CCc1ccccc1)Cc1ccc(C)o1)CC(C)C. The van der Waals surface area contributed by atoms with Crippen molar-refractivity contribution < 1.29 is 18.7 Å². The summed E-state index contributed by atoms with van der Waals surface area (Å²) in [6.45, 7) is 11.7. The van der Waals surface area contributed by atoms with E-state index in [1.807, 2.05) is 47.1 Å². The van der Waals surface area contributed by atoms with Crippen molar-refractivity contribution in [3.63, 3.8) is 0 Å². The van der Waals surface area contributed by atoms with Gasteiger partial charge in [-0.15, -0.1) is 0 Å². The molecule has 0 aliphatic heterocycles. The zero-order chi connectivity index (χ0) is 22.8. The molecule has 0 saturated carbocycles. The molecule has 170 valence electrons. The van der Waals surface area contributed by atoms with E-state index in [0.29, 0.717) is 32.2 Å². The number of carbonyl (C=O) groups excluding carboxylic acids is 2. The van der Waals surface area contributed by atoms with Crippen LogP contribution < -0.4 is 0 Å². The lowest BCUT2D eigenvalue weighted by Crippen LogP contribution is -2.48. The molecule has 2 aromatic rings. The molecule has 0 aliphatic carbocycles. The summed E-state index contributed by atoms with van der Waals surface area (Å²) < 4.78 is 10.9. The Balaban J connectivity index is 2.14. The lowest BCUT2D eigenvalue weighted by atomic mass is 10.1. The second kappa shape index (κ2) is 12.3. The van der Waals surface area contributed by atoms with Gasteiger partial charge in [0.1, 0.15) is 17.6 Å². The molecule has 1 aromatic heterocycles. The largest absolute Gasteiger partial charge is 0.465 e. The Kier molecular flexibility index (Phi) is 9.79. The van der Waals surface area contributed by atoms with Crippen molar-refractivity contribution in [1.29, 1.82) is 0 Å². The highest BCUT2D eigenvalue weighted by Gasteiger charge is 2.27. The van der Waals surface area contributed by atoms with Crippen LogP contribution in [0.5, 0.6) is 0 Å². The molecule has 1 heterocycles. The number of hydrogen-bond acceptors (Lipinski definition) is 5. The third-order valence-electron chi connectivity index (χ3n) is 5.12. The standard InChI is InChI=1S/C25H36N2O4/c1-6-30-25(29)21(5)27(16-19(2)3)18-24(28)26(17-23-13-12-20(4)31-23)15-14-22-10-8-7-9-11-22/h7-13,19,21H,6,14-18H2,1-5H3. The minimum Gasteiger partial charge on any atom is -0.465 e. The van der Waals surface area contributed by atoms with Gasteiger partial charge >= 0.3 is 5.97 Å². The minimum atomic E-state index is -0.479. The highest BCUT2D eigenvalue weighted by Crippen LogP contribution is 2.13. The maximum Gasteiger partial charge on any atom is 0.323 e. The summed E-state index contributed by atoms with van der Waals surface area (Å²) in [5.41, 5.74) is 1.18. The van der Waals surface area contributed by atoms with Crippen molar-refractivity contribution >= 4 is 11.9 Å². The molecule has 1 aromatic carbocycles. The fourth-order valence-corrected chi connectivity index (χ4v) is 3.47. The lowest BCUT2D eigenvalue weighted by molar-refractivity contribution is -0.150. The average molecular weight is 429 g/mol. The first-order valence-corrected chi connectivity index (χ1v) is 11.1. The number of aryl methyl sites for hydroxylation is 1. The molecular weight excluding hydrogens is 392 g/mol. The minimum absolute atomic E-state index is 0.0261. The molecule has 0 radical (unpaired) electrons. The van der Waals surface area contributed by atoms with Crippen molar-refractivity contribution in [2.45, 2.75) is 53.6 Å². The van der Waals surface area contributed by atoms with E-state index in [1.165, 1.54) is 5.56 Å². The Morgan fingerprint density at radius 2 is 1.77 bits per heavy atom. The Bertz CT molecular complexity index is 816. The molecule has 0 spiro atoms. The molecule has 1 atom stereocenters. The molecule has 0 fully saturated rings. The van der Waals surface area contributed by atoms with Gasteiger partial charge in [-0.1, -0.05) is 44.2 Å². The zero-order valence-electron chi connectivity index (χ0n) is 19.5. The van der Waals surface area contributed by atoms with Crippen LogP contribution in [0.1, 0.15) is 44.8 Å². The molecule has 0 bridgehead atoms. The van der Waals surface area contributed by atoms with Gasteiger partial charge in [0.05, 0.1) is 19.7 Å². The number of esters is 1. The van der Waals surface area contributed by atoms with Crippen molar-refractivity contribution in [3.8, 4) is 0 Å². The van der Waals surface area contributed by atoms with Crippen LogP contribution in [-0.4, -0.2) is 54.0 Å². The van der Waals surface area contributed by atoms with Crippen LogP contribution >= 0.6 is 0 Å². The Hall–Kier alpha value is -2.60. The Morgan fingerprint density at radius 3 is 2.35 bits per heavy atom. The summed E-state index contributed by atoms with van der Waals surface area (Å²) in [7, 11) is 0. The number of furan rings is 1. The summed E-state index contributed by atoms with van der Waals surface area (Å²) in [4.78, 5) is 29.4. The van der Waals surface area contributed by atoms with Gasteiger partial charge in [-0.3, -0.25) is 14.5 Å². The van der Waals surface area contributed by atoms with E-state index < -0.39 is 6.04 Å². The highest BCUT2D eigenvalue weighted by molar-refractivity contribution is 5.80. The van der Waals surface area contributed by atoms with E-state index in [9.17, 15) is 9.59 Å². The molecule has 31 heavy (non-hydrogen) atoms. The summed E-state index contributed by atoms with van der Waals surface area (Å²) >= 11 is 0. The van der Waals surface area contributed by atoms with Gasteiger partial charge in [0.15, 0.2) is 0 Å². The van der Waals surface area contributed by atoms with Gasteiger partial charge in [-0.25, -0.2) is 0 Å². The first-order valence-electron chi connectivity index (χ1n) is 11.1. The van der Waals surface area contributed by atoms with Gasteiger partial charge in [0.2, 0.25) is 5.91 Å². The summed E-state index contributed by atoms with van der Waals surface area (Å²) in [6.07, 6.45) is 0.754. The molecule has 2 rings (SSSR count). The first-order chi connectivity index (χ1) is 14.8. The van der Waals surface area contributed by atoms with E-state index in [1.54, 1.807) is 13.8 Å². The van der Waals surface area contributed by atoms with Crippen molar-refractivity contribution in [2.75, 3.05) is 26.2 Å². The van der Waals surface area contributed by atoms with Crippen LogP contribution in [-0.2, 0) is 27.3 Å². The third kappa shape index (κ3) is 8.21. The van der Waals surface area contributed by atoms with Crippen LogP contribution in [0.15, 0.2) is 46.9 Å². The average Bonchev–Trinajstić information content (AvgIpc) is 3.15. The molecule has 6 heteroatoms. The summed E-state index contributed by atoms with van der Waals surface area (Å²) in [5.74, 6) is 1.57. The zero-order valence-corrected chi connectivity index (χ0v) is 19.5. The van der Waals surface area contributed by atoms with Crippen molar-refractivity contribution in [2.24, 2.45) is 5.92 Å². The Labute approximate surface area is 186 Å². The predicted molar refractivity (Wildman–Crippen MR) is 122 cm³/mol. The van der Waals surface area contributed by atoms with Crippen LogP contribution in [0, 0.1) is 12.8 Å². The molecular formula is C25H36N2O4. The van der Waals surface area contributed by atoms with Crippen LogP contribution in [0.25, 0.3) is 0 Å². The fourth-order valence-electron chi connectivity index (χ4n) is 3.47. The number of rotatable bonds is 12. The highest BCUT2D eigenvalue weighted by atomic mass is 16.5. The number of benzene rings is 1. The monoisotopic (exact) mass is 428 g/mol. The number of hydrogen-bond donors (Lipinski definition) is 0. The fraction of sp³-hybridized carbons (Fsp3) is 0.520. The molecule has 0 N–H and O–H groups in total. The second-order valence-electron chi connectivity index (χ2n) is 8.31. The quantitative estimate of drug-likeness (QED) is 0.477. The van der Waals surface area contributed by atoms with Crippen LogP contribution in [0.2, 0.25) is 0 Å². The number of amides is 1. The molecule has 6 nitrogen and oxygen atoms in total. The van der Waals surface area contributed by atoms with Crippen molar-refractivity contribution in [1.82, 2.24) is 9.80 Å². The van der Waals surface area contributed by atoms with Gasteiger partial charge < -0.3 is 14.1 Å². The van der Waals surface area contributed by atoms with E-state index in [-0.39, 0.29) is 18.4 Å². The summed E-state index contributed by atoms with van der Waals surface area (Å²) in [6, 6.07) is 13.5. The van der Waals surface area contributed by atoms with Crippen LogP contribution in [0.4, 0.5) is 0 Å². The summed E-state index contributed by atoms with van der Waals surface area (Å²) in [5, 5.41) is 0. The van der Waals surface area contributed by atoms with E-state index in [4.69, 9.17) is 9.15 Å². The number of ether oxygens (including phenoxy) is 1. The van der Waals surface area contributed by atoms with Crippen molar-refractivity contribution in [3.05, 3.63) is 59.5 Å². The van der Waals surface area contributed by atoms with Gasteiger partial charge in [0, 0.05) is 13.1 Å². The van der Waals surface area contributed by atoms with E-state index >= 15 is 0 Å². The van der Waals surface area contributed by atoms with Crippen LogP contribution in [0.3, 0.4) is 0 Å². The first kappa shape index (κ1) is 24.7. The predicted octanol–water partition coefficient (Wildman–Crippen LogP) is 4.07. The maximum absolute atomic E-state index is 13.3. The third-order valence-corrected chi connectivity index (χ3v) is 5.12. The second-order valence-corrected chi connectivity index (χ2v) is 8.31. The molecule has 0 saturated heterocycles. The number of carbonyl (C=O) groups is 2. The molecule has 1 amide bonds. The topological polar surface area (TPSA) is 63.0 Å². The van der Waals surface area contributed by atoms with Gasteiger partial charge in [-0.05, 0) is 50.8 Å². The Morgan fingerprint density at radius 1 is 1.06 bits per heavy atom. The maximum atomic E-state index is 13.3. The smallest absolute Gasteiger partial charge is 0.323 e. The molecule has 1 unspecified atom stereocenters. The van der Waals surface area contributed by atoms with Gasteiger partial charge in [-0.2, -0.15) is 0 Å².